The van der Waals surface area contributed by atoms with Gasteiger partial charge in [0.15, 0.2) is 5.78 Å². The number of phenolic OH excluding ortho intramolecular Hbond substituents is 1. The van der Waals surface area contributed by atoms with Crippen LogP contribution in [-0.4, -0.2) is 54.2 Å². The molecule has 2 aromatic rings. The number of methoxy groups -OCH3 is 1. The number of rotatable bonds is 6. The highest BCUT2D eigenvalue weighted by molar-refractivity contribution is 6.08. The number of hydrogen-bond donors (Lipinski definition) is 1. The van der Waals surface area contributed by atoms with Crippen molar-refractivity contribution < 1.29 is 19.4 Å². The molecule has 0 saturated carbocycles. The van der Waals surface area contributed by atoms with Crippen LogP contribution in [0.3, 0.4) is 0 Å². The van der Waals surface area contributed by atoms with Crippen molar-refractivity contribution in [3.63, 3.8) is 0 Å². The number of phenols is 1. The molecular weight excluding hydrogens is 332 g/mol. The second-order valence-corrected chi connectivity index (χ2v) is 5.98. The number of ether oxygens (including phenoxy) is 2. The van der Waals surface area contributed by atoms with Crippen molar-refractivity contribution in [2.75, 3.05) is 33.4 Å². The summed E-state index contributed by atoms with van der Waals surface area (Å²) in [6, 6.07) is 8.77. The molecule has 0 bridgehead atoms. The minimum Gasteiger partial charge on any atom is -0.507 e. The first-order valence-corrected chi connectivity index (χ1v) is 8.51. The van der Waals surface area contributed by atoms with E-state index >= 15 is 0 Å². The fourth-order valence-electron chi connectivity index (χ4n) is 2.87. The molecule has 1 aromatic carbocycles. The van der Waals surface area contributed by atoms with E-state index in [1.807, 2.05) is 18.2 Å². The van der Waals surface area contributed by atoms with Crippen molar-refractivity contribution in [1.82, 2.24) is 9.88 Å². The summed E-state index contributed by atoms with van der Waals surface area (Å²) in [6.45, 7) is 3.38. The number of ketones is 1. The zero-order valence-electron chi connectivity index (χ0n) is 14.7. The summed E-state index contributed by atoms with van der Waals surface area (Å²) in [5.74, 6) is 0.254. The number of pyridine rings is 1. The van der Waals surface area contributed by atoms with Gasteiger partial charge in [0.1, 0.15) is 11.5 Å². The lowest BCUT2D eigenvalue weighted by Crippen LogP contribution is -2.35. The molecule has 1 aliphatic heterocycles. The zero-order valence-corrected chi connectivity index (χ0v) is 14.7. The standard InChI is InChI=1S/C20H22N2O4/c1-25-19-8-6-16(18(23)7-5-15-4-2-3-9-21-15)20(24)17(19)14-22-10-12-26-13-11-22/h2-9,24H,10-14H2,1H3/b7-5+. The monoisotopic (exact) mass is 354 g/mol. The third-order valence-electron chi connectivity index (χ3n) is 4.30. The largest absolute Gasteiger partial charge is 0.507 e. The minimum absolute atomic E-state index is 0.0356. The molecule has 1 saturated heterocycles. The molecule has 1 N–H and O–H groups in total. The number of carbonyl (C=O) groups is 1. The third kappa shape index (κ3) is 4.28. The predicted octanol–water partition coefficient (Wildman–Crippen LogP) is 2.52. The topological polar surface area (TPSA) is 71.9 Å². The van der Waals surface area contributed by atoms with Gasteiger partial charge in [-0.1, -0.05) is 6.07 Å². The molecule has 136 valence electrons. The Kier molecular flexibility index (Phi) is 5.99. The van der Waals surface area contributed by atoms with Crippen molar-refractivity contribution >= 4 is 11.9 Å². The SMILES string of the molecule is COc1ccc(C(=O)/C=C/c2ccccn2)c(O)c1CN1CCOCC1. The average molecular weight is 354 g/mol. The van der Waals surface area contributed by atoms with Crippen molar-refractivity contribution in [2.24, 2.45) is 0 Å². The van der Waals surface area contributed by atoms with Crippen molar-refractivity contribution in [1.29, 1.82) is 0 Å². The van der Waals surface area contributed by atoms with Crippen LogP contribution in [0.25, 0.3) is 6.08 Å². The van der Waals surface area contributed by atoms with E-state index in [9.17, 15) is 9.90 Å². The Bertz CT molecular complexity index is 784. The third-order valence-corrected chi connectivity index (χ3v) is 4.30. The number of aromatic nitrogens is 1. The summed E-state index contributed by atoms with van der Waals surface area (Å²) in [4.78, 5) is 18.8. The molecule has 1 fully saturated rings. The van der Waals surface area contributed by atoms with Crippen LogP contribution in [0.1, 0.15) is 21.6 Å². The van der Waals surface area contributed by atoms with Crippen molar-refractivity contribution in [3.05, 3.63) is 59.4 Å². The first-order chi connectivity index (χ1) is 12.7. The molecule has 0 radical (unpaired) electrons. The van der Waals surface area contributed by atoms with Gasteiger partial charge >= 0.3 is 0 Å². The first kappa shape index (κ1) is 18.1. The van der Waals surface area contributed by atoms with E-state index in [0.717, 1.165) is 13.1 Å². The molecule has 26 heavy (non-hydrogen) atoms. The zero-order chi connectivity index (χ0) is 18.4. The Hall–Kier alpha value is -2.70. The van der Waals surface area contributed by atoms with E-state index in [1.165, 1.54) is 6.08 Å². The quantitative estimate of drug-likeness (QED) is 0.635. The fraction of sp³-hybridized carbons (Fsp3) is 0.300. The van der Waals surface area contributed by atoms with Crippen LogP contribution < -0.4 is 4.74 Å². The van der Waals surface area contributed by atoms with E-state index in [1.54, 1.807) is 31.5 Å². The highest BCUT2D eigenvalue weighted by atomic mass is 16.5. The Morgan fingerprint density at radius 2 is 2.12 bits per heavy atom. The maximum absolute atomic E-state index is 12.5. The second kappa shape index (κ2) is 8.60. The molecule has 1 aromatic heterocycles. The maximum atomic E-state index is 12.5. The molecule has 0 amide bonds. The van der Waals surface area contributed by atoms with Crippen LogP contribution in [0.5, 0.6) is 11.5 Å². The lowest BCUT2D eigenvalue weighted by atomic mass is 10.0. The van der Waals surface area contributed by atoms with Gasteiger partial charge in [0.2, 0.25) is 0 Å². The molecule has 6 heteroatoms. The Morgan fingerprint density at radius 3 is 2.81 bits per heavy atom. The van der Waals surface area contributed by atoms with Gasteiger partial charge in [0.25, 0.3) is 0 Å². The highest BCUT2D eigenvalue weighted by Crippen LogP contribution is 2.33. The summed E-state index contributed by atoms with van der Waals surface area (Å²) >= 11 is 0. The number of carbonyl (C=O) groups excluding carboxylic acids is 1. The average Bonchev–Trinajstić information content (AvgIpc) is 2.69. The predicted molar refractivity (Wildman–Crippen MR) is 98.4 cm³/mol. The molecule has 6 nitrogen and oxygen atoms in total. The van der Waals surface area contributed by atoms with Gasteiger partial charge in [0.05, 0.1) is 37.1 Å². The van der Waals surface area contributed by atoms with E-state index in [4.69, 9.17) is 9.47 Å². The Balaban J connectivity index is 1.84. The lowest BCUT2D eigenvalue weighted by molar-refractivity contribution is 0.0335. The van der Waals surface area contributed by atoms with Gasteiger partial charge in [-0.3, -0.25) is 14.7 Å². The molecule has 0 atom stereocenters. The van der Waals surface area contributed by atoms with Crippen LogP contribution in [0, 0.1) is 0 Å². The van der Waals surface area contributed by atoms with Gasteiger partial charge in [0, 0.05) is 25.8 Å². The van der Waals surface area contributed by atoms with Crippen LogP contribution in [-0.2, 0) is 11.3 Å². The highest BCUT2D eigenvalue weighted by Gasteiger charge is 2.20. The lowest BCUT2D eigenvalue weighted by Gasteiger charge is -2.27. The molecule has 0 spiro atoms. The first-order valence-electron chi connectivity index (χ1n) is 8.51. The van der Waals surface area contributed by atoms with Crippen molar-refractivity contribution in [3.8, 4) is 11.5 Å². The summed E-state index contributed by atoms with van der Waals surface area (Å²) in [7, 11) is 1.56. The van der Waals surface area contributed by atoms with Crippen molar-refractivity contribution in [2.45, 2.75) is 6.54 Å². The van der Waals surface area contributed by atoms with Gasteiger partial charge in [-0.05, 0) is 36.4 Å². The minimum atomic E-state index is -0.279. The summed E-state index contributed by atoms with van der Waals surface area (Å²) in [6.07, 6.45) is 4.71. The van der Waals surface area contributed by atoms with E-state index in [2.05, 4.69) is 9.88 Å². The number of benzene rings is 1. The number of hydrogen-bond acceptors (Lipinski definition) is 6. The van der Waals surface area contributed by atoms with Gasteiger partial charge in [-0.25, -0.2) is 0 Å². The maximum Gasteiger partial charge on any atom is 0.189 e. The molecule has 3 rings (SSSR count). The van der Waals surface area contributed by atoms with Crippen LogP contribution in [0.15, 0.2) is 42.6 Å². The molecule has 0 aliphatic carbocycles. The summed E-state index contributed by atoms with van der Waals surface area (Å²) in [5, 5.41) is 10.7. The molecular formula is C20H22N2O4. The summed E-state index contributed by atoms with van der Waals surface area (Å²) < 4.78 is 10.7. The van der Waals surface area contributed by atoms with Crippen LogP contribution in [0.4, 0.5) is 0 Å². The molecule has 0 unspecified atom stereocenters. The Morgan fingerprint density at radius 1 is 1.31 bits per heavy atom. The molecule has 1 aliphatic rings. The summed E-state index contributed by atoms with van der Waals surface area (Å²) in [5.41, 5.74) is 1.55. The van der Waals surface area contributed by atoms with E-state index < -0.39 is 0 Å². The van der Waals surface area contributed by atoms with E-state index in [0.29, 0.717) is 36.8 Å². The smallest absolute Gasteiger partial charge is 0.189 e. The van der Waals surface area contributed by atoms with Crippen LogP contribution in [0.2, 0.25) is 0 Å². The van der Waals surface area contributed by atoms with E-state index in [-0.39, 0.29) is 17.1 Å². The van der Waals surface area contributed by atoms with Gasteiger partial charge in [-0.2, -0.15) is 0 Å². The Labute approximate surface area is 152 Å². The number of nitrogens with zero attached hydrogens (tertiary/aromatic N) is 2. The normalized spacial score (nSPS) is 15.3. The number of morpholine rings is 1. The van der Waals surface area contributed by atoms with Gasteiger partial charge < -0.3 is 14.6 Å². The van der Waals surface area contributed by atoms with Gasteiger partial charge in [-0.15, -0.1) is 0 Å². The number of aromatic hydroxyl groups is 1. The molecule has 2 heterocycles. The second-order valence-electron chi connectivity index (χ2n) is 5.98. The van der Waals surface area contributed by atoms with Crippen LogP contribution >= 0.6 is 0 Å². The fourth-order valence-corrected chi connectivity index (χ4v) is 2.87. The number of allylic oxidation sites excluding steroid dienone is 1.